The molecule has 6 heteroatoms. The van der Waals surface area contributed by atoms with Crippen LogP contribution in [0.2, 0.25) is 0 Å². The molecule has 0 fully saturated rings. The van der Waals surface area contributed by atoms with Crippen molar-refractivity contribution in [3.8, 4) is 0 Å². The van der Waals surface area contributed by atoms with Gasteiger partial charge in [0.1, 0.15) is 5.82 Å². The average molecular weight is 288 g/mol. The Kier molecular flexibility index (Phi) is 3.66. The predicted molar refractivity (Wildman–Crippen MR) is 76.8 cm³/mol. The van der Waals surface area contributed by atoms with Crippen LogP contribution in [-0.4, -0.2) is 14.6 Å². The highest BCUT2D eigenvalue weighted by Crippen LogP contribution is 2.24. The van der Waals surface area contributed by atoms with Crippen molar-refractivity contribution in [3.63, 3.8) is 0 Å². The standard InChI is InChI=1S/C14H13FN4S/c15-13-10(8-16)4-3-5-11(13)9-20-14-18-17-12-6-1-2-7-19(12)14/h1-7H,8-9,16H2. The van der Waals surface area contributed by atoms with Gasteiger partial charge in [-0.05, 0) is 17.7 Å². The van der Waals surface area contributed by atoms with Gasteiger partial charge in [0.25, 0.3) is 0 Å². The molecule has 0 aliphatic carbocycles. The van der Waals surface area contributed by atoms with E-state index in [1.165, 1.54) is 11.8 Å². The summed E-state index contributed by atoms with van der Waals surface area (Å²) in [5.41, 5.74) is 7.46. The molecule has 2 heterocycles. The molecule has 0 atom stereocenters. The molecule has 0 spiro atoms. The molecule has 0 amide bonds. The second-order valence-corrected chi connectivity index (χ2v) is 5.24. The van der Waals surface area contributed by atoms with Crippen molar-refractivity contribution in [2.24, 2.45) is 5.73 Å². The molecule has 3 rings (SSSR count). The zero-order valence-electron chi connectivity index (χ0n) is 10.7. The average Bonchev–Trinajstić information content (AvgIpc) is 2.89. The summed E-state index contributed by atoms with van der Waals surface area (Å²) in [6.07, 6.45) is 1.89. The molecule has 20 heavy (non-hydrogen) atoms. The van der Waals surface area contributed by atoms with Crippen molar-refractivity contribution >= 4 is 17.4 Å². The van der Waals surface area contributed by atoms with Crippen LogP contribution in [0.5, 0.6) is 0 Å². The summed E-state index contributed by atoms with van der Waals surface area (Å²) in [5.74, 6) is 0.270. The first kappa shape index (κ1) is 13.1. The second-order valence-electron chi connectivity index (χ2n) is 4.29. The third-order valence-corrected chi connectivity index (χ3v) is 4.01. The van der Waals surface area contributed by atoms with Gasteiger partial charge in [-0.15, -0.1) is 10.2 Å². The highest BCUT2D eigenvalue weighted by atomic mass is 32.2. The lowest BCUT2D eigenvalue weighted by Gasteiger charge is -2.06. The van der Waals surface area contributed by atoms with Crippen LogP contribution in [0.3, 0.4) is 0 Å². The molecular weight excluding hydrogens is 275 g/mol. The lowest BCUT2D eigenvalue weighted by atomic mass is 10.1. The third-order valence-electron chi connectivity index (χ3n) is 3.02. The van der Waals surface area contributed by atoms with Crippen LogP contribution >= 0.6 is 11.8 Å². The summed E-state index contributed by atoms with van der Waals surface area (Å²) < 4.78 is 16.0. The number of rotatable bonds is 4. The van der Waals surface area contributed by atoms with Crippen LogP contribution in [0, 0.1) is 5.82 Å². The van der Waals surface area contributed by atoms with E-state index in [9.17, 15) is 4.39 Å². The van der Waals surface area contributed by atoms with Gasteiger partial charge >= 0.3 is 0 Å². The number of benzene rings is 1. The molecule has 4 nitrogen and oxygen atoms in total. The highest BCUT2D eigenvalue weighted by Gasteiger charge is 2.10. The normalized spacial score (nSPS) is 11.1. The Balaban J connectivity index is 1.83. The molecule has 0 unspecified atom stereocenters. The molecule has 0 saturated heterocycles. The molecule has 2 N–H and O–H groups in total. The number of thioether (sulfide) groups is 1. The number of hydrogen-bond donors (Lipinski definition) is 1. The van der Waals surface area contributed by atoms with Gasteiger partial charge < -0.3 is 5.73 Å². The summed E-state index contributed by atoms with van der Waals surface area (Å²) in [7, 11) is 0. The Hall–Kier alpha value is -1.92. The van der Waals surface area contributed by atoms with Crippen molar-refractivity contribution in [2.45, 2.75) is 17.5 Å². The minimum atomic E-state index is -0.226. The van der Waals surface area contributed by atoms with Gasteiger partial charge in [0, 0.05) is 24.1 Å². The van der Waals surface area contributed by atoms with Gasteiger partial charge in [-0.1, -0.05) is 36.0 Å². The third kappa shape index (κ3) is 2.39. The van der Waals surface area contributed by atoms with E-state index in [0.29, 0.717) is 16.9 Å². The molecule has 0 radical (unpaired) electrons. The summed E-state index contributed by atoms with van der Waals surface area (Å²) in [4.78, 5) is 0. The second kappa shape index (κ2) is 5.60. The quantitative estimate of drug-likeness (QED) is 0.750. The van der Waals surface area contributed by atoms with Gasteiger partial charge in [0.2, 0.25) is 0 Å². The molecule has 1 aromatic carbocycles. The van der Waals surface area contributed by atoms with Gasteiger partial charge in [-0.2, -0.15) is 0 Å². The number of nitrogens with two attached hydrogens (primary N) is 1. The summed E-state index contributed by atoms with van der Waals surface area (Å²) in [6, 6.07) is 11.0. The zero-order chi connectivity index (χ0) is 13.9. The molecule has 0 bridgehead atoms. The topological polar surface area (TPSA) is 56.2 Å². The summed E-state index contributed by atoms with van der Waals surface area (Å²) in [6.45, 7) is 0.207. The Morgan fingerprint density at radius 2 is 1.95 bits per heavy atom. The predicted octanol–water partition coefficient (Wildman–Crippen LogP) is 2.62. The largest absolute Gasteiger partial charge is 0.326 e. The van der Waals surface area contributed by atoms with E-state index >= 15 is 0 Å². The van der Waals surface area contributed by atoms with Crippen molar-refractivity contribution in [1.29, 1.82) is 0 Å². The fourth-order valence-electron chi connectivity index (χ4n) is 1.96. The monoisotopic (exact) mass is 288 g/mol. The number of hydrogen-bond acceptors (Lipinski definition) is 4. The van der Waals surface area contributed by atoms with Crippen LogP contribution < -0.4 is 5.73 Å². The number of nitrogens with zero attached hydrogens (tertiary/aromatic N) is 3. The smallest absolute Gasteiger partial charge is 0.195 e. The lowest BCUT2D eigenvalue weighted by molar-refractivity contribution is 0.600. The first-order chi connectivity index (χ1) is 9.79. The van der Waals surface area contributed by atoms with E-state index < -0.39 is 0 Å². The molecule has 3 aromatic rings. The Morgan fingerprint density at radius 1 is 1.10 bits per heavy atom. The van der Waals surface area contributed by atoms with Crippen molar-refractivity contribution in [3.05, 3.63) is 59.5 Å². The van der Waals surface area contributed by atoms with E-state index in [1.807, 2.05) is 34.9 Å². The fourth-order valence-corrected chi connectivity index (χ4v) is 2.86. The van der Waals surface area contributed by atoms with Crippen LogP contribution in [0.25, 0.3) is 5.65 Å². The first-order valence-electron chi connectivity index (χ1n) is 6.18. The zero-order valence-corrected chi connectivity index (χ0v) is 11.5. The van der Waals surface area contributed by atoms with Crippen LogP contribution in [0.4, 0.5) is 4.39 Å². The fraction of sp³-hybridized carbons (Fsp3) is 0.143. The maximum atomic E-state index is 14.1. The summed E-state index contributed by atoms with van der Waals surface area (Å²) in [5, 5.41) is 8.93. The van der Waals surface area contributed by atoms with Gasteiger partial charge in [-0.25, -0.2) is 4.39 Å². The highest BCUT2D eigenvalue weighted by molar-refractivity contribution is 7.98. The van der Waals surface area contributed by atoms with E-state index in [-0.39, 0.29) is 12.4 Å². The minimum Gasteiger partial charge on any atom is -0.326 e. The van der Waals surface area contributed by atoms with E-state index in [1.54, 1.807) is 12.1 Å². The minimum absolute atomic E-state index is 0.207. The lowest BCUT2D eigenvalue weighted by Crippen LogP contribution is -2.02. The molecule has 0 aliphatic heterocycles. The van der Waals surface area contributed by atoms with Gasteiger partial charge in [0.05, 0.1) is 0 Å². The molecule has 102 valence electrons. The van der Waals surface area contributed by atoms with Crippen LogP contribution in [0.1, 0.15) is 11.1 Å². The Bertz CT molecular complexity index is 741. The first-order valence-corrected chi connectivity index (χ1v) is 7.17. The maximum Gasteiger partial charge on any atom is 0.195 e. The molecule has 2 aromatic heterocycles. The van der Waals surface area contributed by atoms with Crippen molar-refractivity contribution in [1.82, 2.24) is 14.6 Å². The van der Waals surface area contributed by atoms with E-state index in [2.05, 4.69) is 10.2 Å². The molecule has 0 saturated carbocycles. The summed E-state index contributed by atoms with van der Waals surface area (Å²) >= 11 is 1.45. The van der Waals surface area contributed by atoms with E-state index in [0.717, 1.165) is 10.8 Å². The Labute approximate surface area is 119 Å². The Morgan fingerprint density at radius 3 is 2.80 bits per heavy atom. The number of pyridine rings is 1. The molecular formula is C14H13FN4S. The van der Waals surface area contributed by atoms with Crippen LogP contribution in [-0.2, 0) is 12.3 Å². The molecule has 0 aliphatic rings. The van der Waals surface area contributed by atoms with Gasteiger partial charge in [0.15, 0.2) is 10.8 Å². The number of fused-ring (bicyclic) bond motifs is 1. The maximum absolute atomic E-state index is 14.1. The van der Waals surface area contributed by atoms with Crippen LogP contribution in [0.15, 0.2) is 47.8 Å². The van der Waals surface area contributed by atoms with Crippen molar-refractivity contribution in [2.75, 3.05) is 0 Å². The SMILES string of the molecule is NCc1cccc(CSc2nnc3ccccn23)c1F. The van der Waals surface area contributed by atoms with Gasteiger partial charge in [-0.3, -0.25) is 4.40 Å². The van der Waals surface area contributed by atoms with Crippen molar-refractivity contribution < 1.29 is 4.39 Å². The number of aromatic nitrogens is 3. The van der Waals surface area contributed by atoms with E-state index in [4.69, 9.17) is 5.73 Å². The number of halogens is 1.